The third-order valence-corrected chi connectivity index (χ3v) is 5.60. The number of H-pyrrole nitrogens is 1. The highest BCUT2D eigenvalue weighted by Gasteiger charge is 2.18. The number of amides is 1. The summed E-state index contributed by atoms with van der Waals surface area (Å²) < 4.78 is 6.08. The summed E-state index contributed by atoms with van der Waals surface area (Å²) in [4.78, 5) is 34.1. The number of fused-ring (bicyclic) bond motifs is 2. The zero-order valence-corrected chi connectivity index (χ0v) is 18.0. The van der Waals surface area contributed by atoms with E-state index in [-0.39, 0.29) is 17.9 Å². The van der Waals surface area contributed by atoms with Gasteiger partial charge in [-0.25, -0.2) is 4.98 Å². The number of carbonyl (C=O) groups is 1. The number of nitrogens with zero attached hydrogens (tertiary/aromatic N) is 2. The van der Waals surface area contributed by atoms with Crippen LogP contribution in [0.1, 0.15) is 43.3 Å². The van der Waals surface area contributed by atoms with Gasteiger partial charge >= 0.3 is 0 Å². The van der Waals surface area contributed by atoms with E-state index < -0.39 is 0 Å². The smallest absolute Gasteiger partial charge is 0.258 e. The molecule has 0 aliphatic carbocycles. The molecule has 0 aliphatic heterocycles. The zero-order chi connectivity index (χ0) is 21.8. The molecule has 0 bridgehead atoms. The van der Waals surface area contributed by atoms with Crippen molar-refractivity contribution >= 4 is 27.8 Å². The molecule has 0 spiro atoms. The summed E-state index contributed by atoms with van der Waals surface area (Å²) in [6.07, 6.45) is 3.66. The Balaban J connectivity index is 1.47. The Hall–Kier alpha value is -3.41. The number of furan rings is 1. The summed E-state index contributed by atoms with van der Waals surface area (Å²) in [5.74, 6) is 1.49. The third kappa shape index (κ3) is 4.53. The number of rotatable bonds is 8. The van der Waals surface area contributed by atoms with Crippen molar-refractivity contribution in [2.45, 2.75) is 45.6 Å². The van der Waals surface area contributed by atoms with Gasteiger partial charge < -0.3 is 14.3 Å². The highest BCUT2D eigenvalue weighted by atomic mass is 16.3. The Morgan fingerprint density at radius 3 is 2.61 bits per heavy atom. The summed E-state index contributed by atoms with van der Waals surface area (Å²) in [6.45, 7) is 2.65. The van der Waals surface area contributed by atoms with Gasteiger partial charge in [-0.3, -0.25) is 9.59 Å². The first-order chi connectivity index (χ1) is 15.1. The molecular weight excluding hydrogens is 390 g/mol. The van der Waals surface area contributed by atoms with Crippen LogP contribution >= 0.6 is 0 Å². The van der Waals surface area contributed by atoms with Crippen molar-refractivity contribution < 1.29 is 9.21 Å². The lowest BCUT2D eigenvalue weighted by Crippen LogP contribution is -2.27. The average molecular weight is 418 g/mol. The van der Waals surface area contributed by atoms with Crippen molar-refractivity contribution in [1.29, 1.82) is 0 Å². The summed E-state index contributed by atoms with van der Waals surface area (Å²) in [7, 11) is 1.81. The van der Waals surface area contributed by atoms with Crippen LogP contribution in [0.4, 0.5) is 0 Å². The number of aromatic amines is 1. The minimum absolute atomic E-state index is 0.00234. The van der Waals surface area contributed by atoms with Gasteiger partial charge in [-0.05, 0) is 24.6 Å². The van der Waals surface area contributed by atoms with Crippen molar-refractivity contribution in [3.8, 4) is 0 Å². The van der Waals surface area contributed by atoms with Crippen molar-refractivity contribution in [3.63, 3.8) is 0 Å². The fourth-order valence-electron chi connectivity index (χ4n) is 3.86. The SMILES string of the molecule is CCCCc1oc2ccccc2c1CN(C)C(=O)CCc1nc2ccccc2c(=O)[nH]1. The van der Waals surface area contributed by atoms with Crippen molar-refractivity contribution in [2.24, 2.45) is 0 Å². The van der Waals surface area contributed by atoms with Crippen LogP contribution in [0.3, 0.4) is 0 Å². The van der Waals surface area contributed by atoms with Crippen LogP contribution < -0.4 is 5.56 Å². The summed E-state index contributed by atoms with van der Waals surface area (Å²) in [6, 6.07) is 15.2. The van der Waals surface area contributed by atoms with Crippen LogP contribution in [-0.2, 0) is 24.2 Å². The molecule has 2 aromatic heterocycles. The lowest BCUT2D eigenvalue weighted by atomic mass is 10.1. The van der Waals surface area contributed by atoms with Gasteiger partial charge in [0.1, 0.15) is 17.2 Å². The maximum absolute atomic E-state index is 12.8. The number of unbranched alkanes of at least 4 members (excludes halogenated alkanes) is 1. The third-order valence-electron chi connectivity index (χ3n) is 5.60. The molecule has 1 amide bonds. The van der Waals surface area contributed by atoms with Gasteiger partial charge in [0.05, 0.1) is 10.9 Å². The number of nitrogens with one attached hydrogen (secondary N) is 1. The van der Waals surface area contributed by atoms with E-state index in [0.717, 1.165) is 41.6 Å². The molecule has 4 rings (SSSR count). The van der Waals surface area contributed by atoms with Crippen molar-refractivity contribution in [3.05, 3.63) is 76.0 Å². The zero-order valence-electron chi connectivity index (χ0n) is 18.0. The molecule has 2 heterocycles. The van der Waals surface area contributed by atoms with Crippen molar-refractivity contribution in [2.75, 3.05) is 7.05 Å². The van der Waals surface area contributed by atoms with E-state index in [0.29, 0.717) is 29.7 Å². The Morgan fingerprint density at radius 1 is 1.06 bits per heavy atom. The van der Waals surface area contributed by atoms with Crippen LogP contribution in [0.15, 0.2) is 57.7 Å². The number of hydrogen-bond acceptors (Lipinski definition) is 4. The fourth-order valence-corrected chi connectivity index (χ4v) is 3.86. The first-order valence-electron chi connectivity index (χ1n) is 10.8. The van der Waals surface area contributed by atoms with Gasteiger partial charge in [0.25, 0.3) is 5.56 Å². The molecular formula is C25H27N3O3. The molecule has 0 saturated carbocycles. The van der Waals surface area contributed by atoms with E-state index in [2.05, 4.69) is 16.9 Å². The fraction of sp³-hybridized carbons (Fsp3) is 0.320. The summed E-state index contributed by atoms with van der Waals surface area (Å²) in [5, 5.41) is 1.62. The molecule has 4 aromatic rings. The molecule has 2 aromatic carbocycles. The Bertz CT molecular complexity index is 1270. The second kappa shape index (κ2) is 9.16. The van der Waals surface area contributed by atoms with Crippen LogP contribution in [0.2, 0.25) is 0 Å². The number of aromatic nitrogens is 2. The molecule has 31 heavy (non-hydrogen) atoms. The summed E-state index contributed by atoms with van der Waals surface area (Å²) >= 11 is 0. The Labute approximate surface area is 180 Å². The molecule has 0 unspecified atom stereocenters. The molecule has 6 heteroatoms. The predicted octanol–water partition coefficient (Wildman–Crippen LogP) is 4.60. The maximum atomic E-state index is 12.8. The second-order valence-electron chi connectivity index (χ2n) is 7.88. The molecule has 1 N–H and O–H groups in total. The largest absolute Gasteiger partial charge is 0.461 e. The lowest BCUT2D eigenvalue weighted by molar-refractivity contribution is -0.130. The van der Waals surface area contributed by atoms with Gasteiger partial charge in [0.2, 0.25) is 5.91 Å². The molecule has 6 nitrogen and oxygen atoms in total. The Morgan fingerprint density at radius 2 is 1.81 bits per heavy atom. The number of aryl methyl sites for hydroxylation is 2. The molecule has 0 aliphatic rings. The first-order valence-corrected chi connectivity index (χ1v) is 10.8. The van der Waals surface area contributed by atoms with Gasteiger partial charge in [-0.2, -0.15) is 0 Å². The van der Waals surface area contributed by atoms with E-state index in [4.69, 9.17) is 4.42 Å². The normalized spacial score (nSPS) is 11.3. The van der Waals surface area contributed by atoms with E-state index in [9.17, 15) is 9.59 Å². The number of para-hydroxylation sites is 2. The molecule has 160 valence electrons. The van der Waals surface area contributed by atoms with E-state index in [1.807, 2.05) is 49.5 Å². The number of benzene rings is 2. The monoisotopic (exact) mass is 417 g/mol. The van der Waals surface area contributed by atoms with E-state index >= 15 is 0 Å². The van der Waals surface area contributed by atoms with Crippen molar-refractivity contribution in [1.82, 2.24) is 14.9 Å². The van der Waals surface area contributed by atoms with E-state index in [1.165, 1.54) is 0 Å². The quantitative estimate of drug-likeness (QED) is 0.454. The lowest BCUT2D eigenvalue weighted by Gasteiger charge is -2.17. The van der Waals surface area contributed by atoms with Gasteiger partial charge in [0, 0.05) is 43.8 Å². The van der Waals surface area contributed by atoms with Crippen LogP contribution in [0.5, 0.6) is 0 Å². The highest BCUT2D eigenvalue weighted by Crippen LogP contribution is 2.28. The minimum Gasteiger partial charge on any atom is -0.461 e. The van der Waals surface area contributed by atoms with Crippen LogP contribution in [0, 0.1) is 0 Å². The van der Waals surface area contributed by atoms with Gasteiger partial charge in [0.15, 0.2) is 0 Å². The first kappa shape index (κ1) is 20.8. The molecule has 0 atom stereocenters. The number of carbonyl (C=O) groups excluding carboxylic acids is 1. The molecule has 0 saturated heterocycles. The van der Waals surface area contributed by atoms with Gasteiger partial charge in [-0.1, -0.05) is 43.7 Å². The summed E-state index contributed by atoms with van der Waals surface area (Å²) in [5.41, 5.74) is 2.42. The average Bonchev–Trinajstić information content (AvgIpc) is 3.13. The standard InChI is InChI=1S/C25H27N3O3/c1-3-4-12-22-19(17-9-6-8-13-21(17)31-22)16-28(2)24(29)15-14-23-26-20-11-7-5-10-18(20)25(30)27-23/h5-11,13H,3-4,12,14-16H2,1-2H3,(H,26,27,30). The van der Waals surface area contributed by atoms with Crippen LogP contribution in [0.25, 0.3) is 21.9 Å². The van der Waals surface area contributed by atoms with E-state index in [1.54, 1.807) is 11.0 Å². The Kier molecular flexibility index (Phi) is 6.16. The number of hydrogen-bond donors (Lipinski definition) is 1. The van der Waals surface area contributed by atoms with Gasteiger partial charge in [-0.15, -0.1) is 0 Å². The van der Waals surface area contributed by atoms with Crippen LogP contribution in [-0.4, -0.2) is 27.8 Å². The predicted molar refractivity (Wildman–Crippen MR) is 122 cm³/mol. The minimum atomic E-state index is -0.174. The highest BCUT2D eigenvalue weighted by molar-refractivity contribution is 5.83. The second-order valence-corrected chi connectivity index (χ2v) is 7.88. The molecule has 0 radical (unpaired) electrons. The maximum Gasteiger partial charge on any atom is 0.258 e. The topological polar surface area (TPSA) is 79.2 Å². The molecule has 0 fully saturated rings.